The molecule has 416 valence electrons. The Kier molecular flexibility index (Phi) is 18.4. The number of urea groups is 1. The molecule has 8 atom stereocenters. The summed E-state index contributed by atoms with van der Waals surface area (Å²) in [5.74, 6) is -6.05. The first kappa shape index (κ1) is 57.5. The van der Waals surface area contributed by atoms with Crippen molar-refractivity contribution in [2.24, 2.45) is 11.7 Å². The van der Waals surface area contributed by atoms with Crippen molar-refractivity contribution in [3.63, 3.8) is 0 Å². The average Bonchev–Trinajstić information content (AvgIpc) is 3.61. The summed E-state index contributed by atoms with van der Waals surface area (Å²) in [6.07, 6.45) is -8.42. The van der Waals surface area contributed by atoms with E-state index in [0.29, 0.717) is 11.3 Å². The normalized spacial score (nSPS) is 21.1. The number of phenolic OH excluding ortho intramolecular Hbond substituents is 2. The topological polar surface area (TPSA) is 370 Å². The second-order valence-electron chi connectivity index (χ2n) is 19.4. The van der Waals surface area contributed by atoms with E-state index in [4.69, 9.17) is 29.4 Å². The van der Waals surface area contributed by atoms with E-state index in [0.717, 1.165) is 5.56 Å². The van der Waals surface area contributed by atoms with Crippen LogP contribution in [-0.4, -0.2) is 135 Å². The van der Waals surface area contributed by atoms with Gasteiger partial charge in [0.1, 0.15) is 60.9 Å². The van der Waals surface area contributed by atoms with Gasteiger partial charge in [0, 0.05) is 48.2 Å². The van der Waals surface area contributed by atoms with Crippen molar-refractivity contribution in [3.8, 4) is 17.2 Å². The van der Waals surface area contributed by atoms with Crippen LogP contribution in [0.1, 0.15) is 107 Å². The molecule has 6 amide bonds. The molecule has 1 fully saturated rings. The molecule has 1 saturated heterocycles. The van der Waals surface area contributed by atoms with Gasteiger partial charge in [-0.25, -0.2) is 14.4 Å². The second-order valence-corrected chi connectivity index (χ2v) is 19.4. The Morgan fingerprint density at radius 1 is 0.833 bits per heavy atom. The molecule has 24 nitrogen and oxygen atoms in total. The second kappa shape index (κ2) is 24.9. The zero-order valence-corrected chi connectivity index (χ0v) is 43.0. The molecule has 0 saturated carbocycles. The minimum absolute atomic E-state index is 0.0240. The molecule has 2 aliphatic carbocycles. The number of aromatic hydroxyl groups is 2. The van der Waals surface area contributed by atoms with Crippen molar-refractivity contribution in [2.75, 3.05) is 25.6 Å². The first-order valence-corrected chi connectivity index (χ1v) is 25.0. The molecular formula is C54H62N6O18. The molecule has 0 aromatic heterocycles. The maximum Gasteiger partial charge on any atom is 0.408 e. The van der Waals surface area contributed by atoms with E-state index in [1.54, 1.807) is 50.2 Å². The molecule has 0 radical (unpaired) electrons. The molecule has 0 spiro atoms. The number of nitrogens with two attached hydrogens (primary N) is 1. The number of carbonyl (C=O) groups is 8. The van der Waals surface area contributed by atoms with E-state index >= 15 is 0 Å². The van der Waals surface area contributed by atoms with E-state index in [1.165, 1.54) is 44.4 Å². The maximum atomic E-state index is 14.1. The van der Waals surface area contributed by atoms with Gasteiger partial charge in [0.25, 0.3) is 0 Å². The van der Waals surface area contributed by atoms with Gasteiger partial charge in [0.2, 0.25) is 17.6 Å². The summed E-state index contributed by atoms with van der Waals surface area (Å²) in [5, 5.41) is 69.2. The minimum atomic E-state index is -2.41. The Labute approximate surface area is 446 Å². The van der Waals surface area contributed by atoms with Gasteiger partial charge < -0.3 is 81.5 Å². The third kappa shape index (κ3) is 13.0. The Bertz CT molecular complexity index is 2940. The summed E-state index contributed by atoms with van der Waals surface area (Å²) in [5.41, 5.74) is 2.28. The predicted molar refractivity (Wildman–Crippen MR) is 273 cm³/mol. The summed E-state index contributed by atoms with van der Waals surface area (Å²) in [6.45, 7) is 3.53. The standard InChI is InChI=1S/C54H62N6O18/c1-26(2)43(60-53(72)76-24-28-10-6-5-7-11-28)50(69)58-33(13-9-19-56-51(55)70)49(68)57-30-17-15-29(16-18-30)25-75-52(71)59-34-20-38(77-27(3)44(34)63)78-36-22-54(73,37(62)23-61)21-32-40(36)48(67)42-41(46(32)65)45(64)31-12-8-14-35(74-4)39(31)47(42)66/h5-8,10-12,14-18,26-27,33-34,36,38,43-44,61,63,65,67,73H,9,13,19-25H2,1-4H3,(H,57,68)(H,58,69)(H,59,71)(H,60,72)(H3,55,56,70)/t27?,33?,34?,36?,38?,43-,44?,54-/m0/s1. The van der Waals surface area contributed by atoms with E-state index in [9.17, 15) is 63.9 Å². The predicted octanol–water partition coefficient (Wildman–Crippen LogP) is 2.79. The number of fused-ring (bicyclic) bond motifs is 3. The fourth-order valence-corrected chi connectivity index (χ4v) is 9.59. The summed E-state index contributed by atoms with van der Waals surface area (Å²) < 4.78 is 28.3. The van der Waals surface area contributed by atoms with Gasteiger partial charge in [0.05, 0.1) is 42.0 Å². The van der Waals surface area contributed by atoms with Crippen molar-refractivity contribution in [3.05, 3.63) is 117 Å². The molecule has 1 heterocycles. The van der Waals surface area contributed by atoms with Gasteiger partial charge in [0.15, 0.2) is 17.9 Å². The van der Waals surface area contributed by atoms with Crippen LogP contribution < -0.4 is 37.1 Å². The van der Waals surface area contributed by atoms with Gasteiger partial charge in [-0.3, -0.25) is 24.0 Å². The number of phenols is 2. The van der Waals surface area contributed by atoms with Gasteiger partial charge in [-0.05, 0) is 55.0 Å². The summed E-state index contributed by atoms with van der Waals surface area (Å²) in [6, 6.07) is 15.2. The Balaban J connectivity index is 0.988. The van der Waals surface area contributed by atoms with Crippen LogP contribution in [0.4, 0.5) is 20.1 Å². The van der Waals surface area contributed by atoms with Crippen LogP contribution in [0.25, 0.3) is 0 Å². The lowest BCUT2D eigenvalue weighted by atomic mass is 9.72. The van der Waals surface area contributed by atoms with Crippen molar-refractivity contribution in [2.45, 2.75) is 114 Å². The van der Waals surface area contributed by atoms with Crippen LogP contribution in [0.5, 0.6) is 17.2 Å². The molecule has 4 aromatic carbocycles. The van der Waals surface area contributed by atoms with Crippen LogP contribution in [-0.2, 0) is 53.0 Å². The van der Waals surface area contributed by atoms with Gasteiger partial charge in [-0.15, -0.1) is 0 Å². The molecule has 7 rings (SSSR count). The zero-order valence-electron chi connectivity index (χ0n) is 43.0. The molecule has 12 N–H and O–H groups in total. The summed E-state index contributed by atoms with van der Waals surface area (Å²) >= 11 is 0. The van der Waals surface area contributed by atoms with Crippen LogP contribution in [0.2, 0.25) is 0 Å². The van der Waals surface area contributed by atoms with Crippen molar-refractivity contribution in [1.29, 1.82) is 0 Å². The number of benzene rings is 4. The van der Waals surface area contributed by atoms with Gasteiger partial charge in [-0.2, -0.15) is 0 Å². The number of primary amides is 1. The van der Waals surface area contributed by atoms with Crippen molar-refractivity contribution < 1.29 is 87.6 Å². The molecule has 24 heteroatoms. The maximum absolute atomic E-state index is 14.1. The van der Waals surface area contributed by atoms with Crippen molar-refractivity contribution in [1.82, 2.24) is 21.3 Å². The molecule has 6 unspecified atom stereocenters. The van der Waals surface area contributed by atoms with E-state index in [-0.39, 0.29) is 67.0 Å². The first-order valence-electron chi connectivity index (χ1n) is 25.0. The lowest BCUT2D eigenvalue weighted by molar-refractivity contribution is -0.249. The zero-order chi connectivity index (χ0) is 56.6. The van der Waals surface area contributed by atoms with Gasteiger partial charge in [-0.1, -0.05) is 68.4 Å². The molecule has 1 aliphatic heterocycles. The average molecular weight is 1080 g/mol. The highest BCUT2D eigenvalue weighted by molar-refractivity contribution is 6.31. The Morgan fingerprint density at radius 2 is 1.50 bits per heavy atom. The number of ether oxygens (including phenoxy) is 5. The number of ketones is 3. The number of hydrogen-bond acceptors (Lipinski definition) is 18. The molecule has 78 heavy (non-hydrogen) atoms. The van der Waals surface area contributed by atoms with Crippen LogP contribution in [0.15, 0.2) is 72.8 Å². The number of amides is 6. The summed E-state index contributed by atoms with van der Waals surface area (Å²) in [7, 11) is 1.28. The number of anilines is 1. The van der Waals surface area contributed by atoms with Crippen molar-refractivity contribution >= 4 is 53.1 Å². The van der Waals surface area contributed by atoms with E-state index in [1.807, 2.05) is 6.07 Å². The monoisotopic (exact) mass is 1080 g/mol. The molecule has 0 bridgehead atoms. The third-order valence-electron chi connectivity index (χ3n) is 13.7. The molecule has 4 aromatic rings. The summed E-state index contributed by atoms with van der Waals surface area (Å²) in [4.78, 5) is 105. The lowest BCUT2D eigenvalue weighted by Gasteiger charge is -2.42. The fraction of sp³-hybridized carbons (Fsp3) is 0.407. The largest absolute Gasteiger partial charge is 0.507 e. The number of aliphatic hydroxyl groups is 3. The van der Waals surface area contributed by atoms with E-state index < -0.39 is 144 Å². The highest BCUT2D eigenvalue weighted by Crippen LogP contribution is 2.52. The number of nitrogens with one attached hydrogen (secondary N) is 5. The number of Topliss-reactive ketones (excluding diaryl/α,β-unsaturated/α-hetero) is 1. The van der Waals surface area contributed by atoms with Gasteiger partial charge >= 0.3 is 18.2 Å². The van der Waals surface area contributed by atoms with Crippen LogP contribution in [0, 0.1) is 5.92 Å². The molecule has 3 aliphatic rings. The number of hydrogen-bond donors (Lipinski definition) is 11. The van der Waals surface area contributed by atoms with Crippen LogP contribution >= 0.6 is 0 Å². The fourth-order valence-electron chi connectivity index (χ4n) is 9.59. The Morgan fingerprint density at radius 3 is 2.15 bits per heavy atom. The Hall–Kier alpha value is -8.16. The molecular weight excluding hydrogens is 1020 g/mol. The number of carbonyl (C=O) groups excluding carboxylic acids is 8. The smallest absolute Gasteiger partial charge is 0.408 e. The number of aliphatic hydroxyl groups excluding tert-OH is 2. The quantitative estimate of drug-likeness (QED) is 0.0394. The first-order chi connectivity index (χ1) is 37.1. The third-order valence-corrected chi connectivity index (χ3v) is 13.7. The number of methoxy groups -OCH3 is 1. The SMILES string of the molecule is COc1cccc2c1C(=O)c1c(O)c3c(c(O)c1C2=O)C[C@@](O)(C(=O)CO)CC3OC1CC(NC(=O)OCc2ccc(NC(=O)C(CCCNC(N)=O)NC(=O)[C@@H](NC(=O)OCc3ccccc3)C(C)C)cc2)C(O)C(C)O1. The minimum Gasteiger partial charge on any atom is -0.507 e. The highest BCUT2D eigenvalue weighted by atomic mass is 16.7. The highest BCUT2D eigenvalue weighted by Gasteiger charge is 2.50. The number of alkyl carbamates (subject to hydrolysis) is 2. The number of rotatable bonds is 20. The van der Waals surface area contributed by atoms with Crippen LogP contribution in [0.3, 0.4) is 0 Å². The lowest BCUT2D eigenvalue weighted by Crippen LogP contribution is -2.56. The van der Waals surface area contributed by atoms with E-state index in [2.05, 4.69) is 26.6 Å².